The zero-order valence-electron chi connectivity index (χ0n) is 13.7. The minimum absolute atomic E-state index is 0.396. The van der Waals surface area contributed by atoms with Crippen molar-refractivity contribution < 1.29 is 9.57 Å². The average Bonchev–Trinajstić information content (AvgIpc) is 2.61. The Morgan fingerprint density at radius 3 is 2.46 bits per heavy atom. The van der Waals surface area contributed by atoms with Crippen LogP contribution >= 0.6 is 23.8 Å². The van der Waals surface area contributed by atoms with Crippen molar-refractivity contribution in [1.29, 1.82) is 0 Å². The van der Waals surface area contributed by atoms with E-state index >= 15 is 0 Å². The van der Waals surface area contributed by atoms with Crippen LogP contribution in [0.1, 0.15) is 24.2 Å². The predicted molar refractivity (Wildman–Crippen MR) is 102 cm³/mol. The summed E-state index contributed by atoms with van der Waals surface area (Å²) in [6.45, 7) is 1.87. The number of nitrogens with one attached hydrogen (secondary N) is 1. The van der Waals surface area contributed by atoms with Crippen molar-refractivity contribution in [3.05, 3.63) is 64.7 Å². The monoisotopic (exact) mass is 362 g/mol. The number of hydrogen-bond acceptors (Lipinski definition) is 4. The summed E-state index contributed by atoms with van der Waals surface area (Å²) in [7, 11) is 3.37. The van der Waals surface area contributed by atoms with Gasteiger partial charge >= 0.3 is 0 Å². The van der Waals surface area contributed by atoms with Crippen molar-refractivity contribution in [1.82, 2.24) is 5.32 Å². The van der Waals surface area contributed by atoms with Gasteiger partial charge in [0.1, 0.15) is 11.1 Å². The molecule has 4 nitrogen and oxygen atoms in total. The molecule has 1 N–H and O–H groups in total. The first-order valence-corrected chi connectivity index (χ1v) is 8.16. The molecular formula is C18H19ClN2O2S. The van der Waals surface area contributed by atoms with E-state index in [1.165, 1.54) is 0 Å². The van der Waals surface area contributed by atoms with Gasteiger partial charge in [0.2, 0.25) is 0 Å². The summed E-state index contributed by atoms with van der Waals surface area (Å²) in [6, 6.07) is 14.9. The Labute approximate surface area is 152 Å². The molecule has 0 aliphatic carbocycles. The van der Waals surface area contributed by atoms with Gasteiger partial charge in [-0.2, -0.15) is 0 Å². The molecule has 0 heterocycles. The van der Waals surface area contributed by atoms with Crippen LogP contribution in [0.25, 0.3) is 0 Å². The summed E-state index contributed by atoms with van der Waals surface area (Å²) in [5.41, 5.74) is 2.49. The van der Waals surface area contributed by atoms with E-state index in [2.05, 4.69) is 10.5 Å². The Bertz CT molecular complexity index is 732. The molecule has 0 amide bonds. The first-order chi connectivity index (χ1) is 11.6. The summed E-state index contributed by atoms with van der Waals surface area (Å²) in [6.07, 6.45) is -0.396. The van der Waals surface area contributed by atoms with E-state index in [0.29, 0.717) is 15.8 Å². The van der Waals surface area contributed by atoms with Crippen molar-refractivity contribution in [2.45, 2.75) is 13.0 Å². The molecule has 1 atom stereocenters. The number of methoxy groups -OCH3 is 1. The second kappa shape index (κ2) is 8.78. The molecule has 0 aliphatic heterocycles. The van der Waals surface area contributed by atoms with E-state index < -0.39 is 6.10 Å². The highest BCUT2D eigenvalue weighted by Gasteiger charge is 2.19. The van der Waals surface area contributed by atoms with Gasteiger partial charge in [0.15, 0.2) is 5.75 Å². The maximum atomic E-state index is 5.90. The third kappa shape index (κ3) is 4.54. The molecule has 2 rings (SSSR count). The van der Waals surface area contributed by atoms with Gasteiger partial charge in [-0.3, -0.25) is 0 Å². The number of halogens is 1. The van der Waals surface area contributed by atoms with Crippen LogP contribution in [0.4, 0.5) is 0 Å². The fourth-order valence-corrected chi connectivity index (χ4v) is 2.50. The van der Waals surface area contributed by atoms with E-state index in [1.807, 2.05) is 55.5 Å². The summed E-state index contributed by atoms with van der Waals surface area (Å²) >= 11 is 11.2. The largest absolute Gasteiger partial charge is 0.380 e. The highest BCUT2D eigenvalue weighted by molar-refractivity contribution is 7.80. The van der Waals surface area contributed by atoms with Crippen molar-refractivity contribution in [2.24, 2.45) is 5.16 Å². The Hall–Kier alpha value is -1.95. The van der Waals surface area contributed by atoms with Crippen LogP contribution in [0, 0.1) is 0 Å². The number of rotatable bonds is 6. The van der Waals surface area contributed by atoms with Crippen molar-refractivity contribution in [3.63, 3.8) is 0 Å². The number of nitrogens with zero attached hydrogens (tertiary/aromatic N) is 1. The second-order valence-corrected chi connectivity index (χ2v) is 5.92. The lowest BCUT2D eigenvalue weighted by Crippen LogP contribution is -2.25. The van der Waals surface area contributed by atoms with Crippen LogP contribution in [-0.2, 0) is 4.74 Å². The molecule has 24 heavy (non-hydrogen) atoms. The van der Waals surface area contributed by atoms with Gasteiger partial charge in [-0.05, 0) is 30.7 Å². The molecule has 6 heteroatoms. The van der Waals surface area contributed by atoms with E-state index in [1.54, 1.807) is 14.2 Å². The van der Waals surface area contributed by atoms with Gasteiger partial charge in [-0.1, -0.05) is 59.3 Å². The van der Waals surface area contributed by atoms with Crippen molar-refractivity contribution in [2.75, 3.05) is 14.2 Å². The fourth-order valence-electron chi connectivity index (χ4n) is 2.15. The Kier molecular flexibility index (Phi) is 6.73. The minimum atomic E-state index is -0.396. The number of thiocarbonyl (C=S) groups is 1. The first kappa shape index (κ1) is 18.4. The molecule has 0 fully saturated rings. The van der Waals surface area contributed by atoms with E-state index in [4.69, 9.17) is 33.4 Å². The van der Waals surface area contributed by atoms with Crippen LogP contribution < -0.4 is 10.2 Å². The molecule has 2 aromatic carbocycles. The van der Waals surface area contributed by atoms with Crippen LogP contribution in [0.15, 0.2) is 53.7 Å². The van der Waals surface area contributed by atoms with Crippen molar-refractivity contribution in [3.8, 4) is 5.75 Å². The van der Waals surface area contributed by atoms with Crippen LogP contribution in [0.5, 0.6) is 5.75 Å². The maximum absolute atomic E-state index is 5.90. The highest BCUT2D eigenvalue weighted by atomic mass is 35.5. The first-order valence-electron chi connectivity index (χ1n) is 7.37. The third-order valence-corrected chi connectivity index (χ3v) is 4.13. The second-order valence-electron chi connectivity index (χ2n) is 5.04. The molecule has 126 valence electrons. The topological polar surface area (TPSA) is 42.8 Å². The van der Waals surface area contributed by atoms with Gasteiger partial charge in [0.05, 0.1) is 5.71 Å². The summed E-state index contributed by atoms with van der Waals surface area (Å²) in [4.78, 5) is 6.22. The SMILES string of the molecule is CNC(=S)C(OC)c1ccccc1O/N=C(/C)c1ccc(Cl)cc1. The lowest BCUT2D eigenvalue weighted by atomic mass is 10.1. The molecule has 1 unspecified atom stereocenters. The lowest BCUT2D eigenvalue weighted by molar-refractivity contribution is 0.153. The molecule has 2 aromatic rings. The number of ether oxygens (including phenoxy) is 1. The van der Waals surface area contributed by atoms with Crippen LogP contribution in [0.2, 0.25) is 5.02 Å². The molecule has 0 radical (unpaired) electrons. The minimum Gasteiger partial charge on any atom is -0.380 e. The molecule has 0 saturated carbocycles. The Balaban J connectivity index is 2.25. The lowest BCUT2D eigenvalue weighted by Gasteiger charge is -2.18. The van der Waals surface area contributed by atoms with Gasteiger partial charge < -0.3 is 14.9 Å². The summed E-state index contributed by atoms with van der Waals surface area (Å²) in [5.74, 6) is 0.593. The van der Waals surface area contributed by atoms with E-state index in [0.717, 1.165) is 16.8 Å². The van der Waals surface area contributed by atoms with Crippen molar-refractivity contribution >= 4 is 34.5 Å². The highest BCUT2D eigenvalue weighted by Crippen LogP contribution is 2.28. The smallest absolute Gasteiger partial charge is 0.164 e. The number of hydrogen-bond donors (Lipinski definition) is 1. The third-order valence-electron chi connectivity index (χ3n) is 3.46. The molecule has 0 bridgehead atoms. The summed E-state index contributed by atoms with van der Waals surface area (Å²) < 4.78 is 5.49. The molecule has 0 aromatic heterocycles. The van der Waals surface area contributed by atoms with Gasteiger partial charge in [0.25, 0.3) is 0 Å². The van der Waals surface area contributed by atoms with Gasteiger partial charge in [-0.15, -0.1) is 0 Å². The number of likely N-dealkylation sites (N-methyl/N-ethyl adjacent to an activating group) is 1. The molecule has 0 aliphatic rings. The Morgan fingerprint density at radius 2 is 1.83 bits per heavy atom. The van der Waals surface area contributed by atoms with Crippen LogP contribution in [0.3, 0.4) is 0 Å². The van der Waals surface area contributed by atoms with Gasteiger partial charge in [0, 0.05) is 24.7 Å². The zero-order valence-corrected chi connectivity index (χ0v) is 15.3. The standard InChI is InChI=1S/C18H19ClN2O2S/c1-12(13-8-10-14(19)11-9-13)21-23-16-7-5-4-6-15(16)17(22-3)18(24)20-2/h4-11,17H,1-3H3,(H,20,24)/b21-12-. The predicted octanol–water partition coefficient (Wildman–Crippen LogP) is 4.38. The normalized spacial score (nSPS) is 12.6. The molecular weight excluding hydrogens is 344 g/mol. The maximum Gasteiger partial charge on any atom is 0.164 e. The summed E-state index contributed by atoms with van der Waals surface area (Å²) in [5, 5.41) is 7.83. The molecule has 0 saturated heterocycles. The molecule has 0 spiro atoms. The average molecular weight is 363 g/mol. The number of benzene rings is 2. The fraction of sp³-hybridized carbons (Fsp3) is 0.222. The van der Waals surface area contributed by atoms with Gasteiger partial charge in [-0.25, -0.2) is 0 Å². The van der Waals surface area contributed by atoms with Crippen LogP contribution in [-0.4, -0.2) is 24.9 Å². The number of oxime groups is 1. The Morgan fingerprint density at radius 1 is 1.17 bits per heavy atom. The quantitative estimate of drug-likeness (QED) is 0.470. The van der Waals surface area contributed by atoms with E-state index in [-0.39, 0.29) is 0 Å². The zero-order chi connectivity index (χ0) is 17.5. The number of para-hydroxylation sites is 1. The van der Waals surface area contributed by atoms with E-state index in [9.17, 15) is 0 Å².